The van der Waals surface area contributed by atoms with E-state index in [0.717, 1.165) is 11.3 Å². The summed E-state index contributed by atoms with van der Waals surface area (Å²) in [5.41, 5.74) is 2.16. The van der Waals surface area contributed by atoms with Gasteiger partial charge in [-0.15, -0.1) is 0 Å². The van der Waals surface area contributed by atoms with Gasteiger partial charge in [0.1, 0.15) is 11.4 Å². The summed E-state index contributed by atoms with van der Waals surface area (Å²) in [6.07, 6.45) is 0. The molecule has 0 bridgehead atoms. The van der Waals surface area contributed by atoms with Crippen LogP contribution in [-0.4, -0.2) is 15.7 Å². The van der Waals surface area contributed by atoms with Crippen molar-refractivity contribution >= 4 is 5.97 Å². The van der Waals surface area contributed by atoms with Gasteiger partial charge in [0.05, 0.1) is 5.69 Å². The van der Waals surface area contributed by atoms with Crippen molar-refractivity contribution in [1.29, 1.82) is 0 Å². The Balaban J connectivity index is 2.27. The molecule has 0 aliphatic heterocycles. The van der Waals surface area contributed by atoms with Crippen LogP contribution in [-0.2, 0) is 12.5 Å². The molecule has 4 nitrogen and oxygen atoms in total. The van der Waals surface area contributed by atoms with Crippen LogP contribution in [0.1, 0.15) is 42.5 Å². The van der Waals surface area contributed by atoms with Gasteiger partial charge >= 0.3 is 5.97 Å². The molecule has 0 aliphatic carbocycles. The van der Waals surface area contributed by atoms with E-state index in [0.29, 0.717) is 11.4 Å². The van der Waals surface area contributed by atoms with Crippen LogP contribution in [0.3, 0.4) is 0 Å². The highest BCUT2D eigenvalue weighted by atomic mass is 16.5. The lowest BCUT2D eigenvalue weighted by atomic mass is 9.92. The van der Waals surface area contributed by atoms with Crippen LogP contribution >= 0.6 is 0 Å². The molecule has 0 aliphatic rings. The lowest BCUT2D eigenvalue weighted by Crippen LogP contribution is -2.14. The minimum atomic E-state index is -0.384. The fourth-order valence-corrected chi connectivity index (χ4v) is 1.85. The van der Waals surface area contributed by atoms with Gasteiger partial charge in [0.2, 0.25) is 0 Å². The zero-order valence-electron chi connectivity index (χ0n) is 12.6. The molecule has 4 heteroatoms. The number of carbonyl (C=O) groups excluding carboxylic acids is 1. The van der Waals surface area contributed by atoms with Gasteiger partial charge < -0.3 is 4.74 Å². The molecule has 0 amide bonds. The van der Waals surface area contributed by atoms with E-state index < -0.39 is 0 Å². The molecule has 2 aromatic rings. The summed E-state index contributed by atoms with van der Waals surface area (Å²) < 4.78 is 7.01. The van der Waals surface area contributed by atoms with E-state index in [1.54, 1.807) is 23.9 Å². The van der Waals surface area contributed by atoms with Gasteiger partial charge in [-0.25, -0.2) is 4.79 Å². The Hall–Kier alpha value is -2.10. The summed E-state index contributed by atoms with van der Waals surface area (Å²) in [7, 11) is 1.75. The first kappa shape index (κ1) is 14.3. The molecule has 106 valence electrons. The number of benzene rings is 1. The van der Waals surface area contributed by atoms with E-state index in [2.05, 4.69) is 25.9 Å². The molecule has 2 rings (SSSR count). The average molecular weight is 272 g/mol. The van der Waals surface area contributed by atoms with Gasteiger partial charge in [-0.3, -0.25) is 4.68 Å². The van der Waals surface area contributed by atoms with E-state index in [1.165, 1.54) is 0 Å². The Bertz CT molecular complexity index is 636. The van der Waals surface area contributed by atoms with E-state index >= 15 is 0 Å². The Morgan fingerprint density at radius 1 is 1.25 bits per heavy atom. The van der Waals surface area contributed by atoms with Crippen molar-refractivity contribution in [3.63, 3.8) is 0 Å². The molecule has 0 radical (unpaired) electrons. The first-order valence-corrected chi connectivity index (χ1v) is 6.61. The predicted molar refractivity (Wildman–Crippen MR) is 78.0 cm³/mol. The highest BCUT2D eigenvalue weighted by molar-refractivity contribution is 5.89. The van der Waals surface area contributed by atoms with Crippen molar-refractivity contribution in [2.75, 3.05) is 0 Å². The van der Waals surface area contributed by atoms with Crippen LogP contribution in [0.25, 0.3) is 0 Å². The zero-order valence-corrected chi connectivity index (χ0v) is 12.6. The standard InChI is InChI=1S/C16H20N2O2/c1-11-8-6-7-9-13(11)20-15(19)12-10-14(16(2,3)4)17-18(12)5/h6-10H,1-5H3. The number of hydrogen-bond acceptors (Lipinski definition) is 3. The predicted octanol–water partition coefficient (Wildman–Crippen LogP) is 3.25. The van der Waals surface area contributed by atoms with Crippen LogP contribution in [0.5, 0.6) is 5.75 Å². The third kappa shape index (κ3) is 2.90. The quantitative estimate of drug-likeness (QED) is 0.622. The van der Waals surface area contributed by atoms with Gasteiger partial charge in [0.25, 0.3) is 0 Å². The van der Waals surface area contributed by atoms with Crippen molar-refractivity contribution in [3.8, 4) is 5.75 Å². The maximum atomic E-state index is 12.2. The highest BCUT2D eigenvalue weighted by Crippen LogP contribution is 2.23. The molecule has 1 aromatic heterocycles. The van der Waals surface area contributed by atoms with Crippen LogP contribution in [0.4, 0.5) is 0 Å². The SMILES string of the molecule is Cc1ccccc1OC(=O)c1cc(C(C)(C)C)nn1C. The number of ether oxygens (including phenoxy) is 1. The normalized spacial score (nSPS) is 11.4. The molecule has 0 saturated heterocycles. The van der Waals surface area contributed by atoms with Crippen LogP contribution in [0.2, 0.25) is 0 Å². The minimum Gasteiger partial charge on any atom is -0.422 e. The average Bonchev–Trinajstić information content (AvgIpc) is 2.74. The second-order valence-corrected chi connectivity index (χ2v) is 5.94. The van der Waals surface area contributed by atoms with Crippen LogP contribution in [0, 0.1) is 6.92 Å². The van der Waals surface area contributed by atoms with Crippen molar-refractivity contribution in [2.24, 2.45) is 7.05 Å². The summed E-state index contributed by atoms with van der Waals surface area (Å²) in [5.74, 6) is 0.195. The van der Waals surface area contributed by atoms with Crippen molar-refractivity contribution in [3.05, 3.63) is 47.3 Å². The smallest absolute Gasteiger partial charge is 0.361 e. The molecular formula is C16H20N2O2. The molecule has 1 heterocycles. The van der Waals surface area contributed by atoms with Gasteiger partial charge in [-0.2, -0.15) is 5.10 Å². The Labute approximate surface area is 119 Å². The third-order valence-electron chi connectivity index (χ3n) is 3.15. The number of aromatic nitrogens is 2. The monoisotopic (exact) mass is 272 g/mol. The van der Waals surface area contributed by atoms with Crippen LogP contribution < -0.4 is 4.74 Å². The molecular weight excluding hydrogens is 252 g/mol. The fourth-order valence-electron chi connectivity index (χ4n) is 1.85. The number of hydrogen-bond donors (Lipinski definition) is 0. The van der Waals surface area contributed by atoms with E-state index in [-0.39, 0.29) is 11.4 Å². The Morgan fingerprint density at radius 2 is 1.90 bits per heavy atom. The largest absolute Gasteiger partial charge is 0.422 e. The number of rotatable bonds is 2. The number of esters is 1. The first-order valence-electron chi connectivity index (χ1n) is 6.61. The summed E-state index contributed by atoms with van der Waals surface area (Å²) in [4.78, 5) is 12.2. The second kappa shape index (κ2) is 5.12. The maximum absolute atomic E-state index is 12.2. The molecule has 0 unspecified atom stereocenters. The Morgan fingerprint density at radius 3 is 2.45 bits per heavy atom. The topological polar surface area (TPSA) is 44.1 Å². The van der Waals surface area contributed by atoms with E-state index in [9.17, 15) is 4.79 Å². The summed E-state index contributed by atoms with van der Waals surface area (Å²) >= 11 is 0. The first-order chi connectivity index (χ1) is 9.29. The molecule has 0 fully saturated rings. The van der Waals surface area contributed by atoms with Crippen molar-refractivity contribution in [1.82, 2.24) is 9.78 Å². The maximum Gasteiger partial charge on any atom is 0.361 e. The summed E-state index contributed by atoms with van der Waals surface area (Å²) in [6, 6.07) is 9.25. The fraction of sp³-hybridized carbons (Fsp3) is 0.375. The molecule has 0 spiro atoms. The molecule has 0 N–H and O–H groups in total. The molecule has 0 atom stereocenters. The number of nitrogens with zero attached hydrogens (tertiary/aromatic N) is 2. The third-order valence-corrected chi connectivity index (χ3v) is 3.15. The van der Waals surface area contributed by atoms with Gasteiger partial charge in [-0.05, 0) is 24.6 Å². The van der Waals surface area contributed by atoms with Crippen molar-refractivity contribution < 1.29 is 9.53 Å². The second-order valence-electron chi connectivity index (χ2n) is 5.94. The summed E-state index contributed by atoms with van der Waals surface area (Å²) in [5, 5.41) is 4.38. The van der Waals surface area contributed by atoms with Crippen molar-refractivity contribution in [2.45, 2.75) is 33.1 Å². The van der Waals surface area contributed by atoms with Gasteiger partial charge in [-0.1, -0.05) is 39.0 Å². The molecule has 20 heavy (non-hydrogen) atoms. The zero-order chi connectivity index (χ0) is 14.9. The molecule has 0 saturated carbocycles. The minimum absolute atomic E-state index is 0.0983. The van der Waals surface area contributed by atoms with Crippen LogP contribution in [0.15, 0.2) is 30.3 Å². The van der Waals surface area contributed by atoms with E-state index in [1.807, 2.05) is 25.1 Å². The van der Waals surface area contributed by atoms with E-state index in [4.69, 9.17) is 4.74 Å². The number of carbonyl (C=O) groups is 1. The Kier molecular flexibility index (Phi) is 3.66. The van der Waals surface area contributed by atoms with Gasteiger partial charge in [0, 0.05) is 12.5 Å². The van der Waals surface area contributed by atoms with Gasteiger partial charge in [0.15, 0.2) is 0 Å². The number of aryl methyl sites for hydroxylation is 2. The lowest BCUT2D eigenvalue weighted by Gasteiger charge is -2.13. The number of para-hydroxylation sites is 1. The lowest BCUT2D eigenvalue weighted by molar-refractivity contribution is 0.0722. The summed E-state index contributed by atoms with van der Waals surface area (Å²) in [6.45, 7) is 8.09. The highest BCUT2D eigenvalue weighted by Gasteiger charge is 2.22. The molecule has 1 aromatic carbocycles.